The zero-order valence-electron chi connectivity index (χ0n) is 11.2. The zero-order chi connectivity index (χ0) is 14.7. The number of benzene rings is 2. The molecule has 0 fully saturated rings. The van der Waals surface area contributed by atoms with Crippen LogP contribution < -0.4 is 5.73 Å². The molecule has 4 heteroatoms. The first-order chi connectivity index (χ1) is 9.52. The predicted octanol–water partition coefficient (Wildman–Crippen LogP) is 3.56. The van der Waals surface area contributed by atoms with E-state index < -0.39 is 11.9 Å². The third-order valence-electron chi connectivity index (χ3n) is 3.43. The molecule has 106 valence electrons. The molecule has 0 saturated carbocycles. The Kier molecular flexibility index (Phi) is 4.76. The van der Waals surface area contributed by atoms with Crippen molar-refractivity contribution in [3.05, 3.63) is 70.0 Å². The molecule has 2 atom stereocenters. The Balaban J connectivity index is 2.30. The molecule has 0 aliphatic rings. The number of hydrogen-bond donors (Lipinski definition) is 2. The molecule has 2 rings (SSSR count). The van der Waals surface area contributed by atoms with Gasteiger partial charge in [0.2, 0.25) is 0 Å². The zero-order valence-corrected chi connectivity index (χ0v) is 11.9. The van der Waals surface area contributed by atoms with Gasteiger partial charge in [0.25, 0.3) is 0 Å². The maximum absolute atomic E-state index is 13.2. The normalized spacial score (nSPS) is 14.1. The molecule has 0 heterocycles. The van der Waals surface area contributed by atoms with Crippen LogP contribution in [0.3, 0.4) is 0 Å². The van der Waals surface area contributed by atoms with Gasteiger partial charge in [-0.05, 0) is 30.2 Å². The monoisotopic (exact) mass is 293 g/mol. The van der Waals surface area contributed by atoms with Crippen LogP contribution in [0, 0.1) is 12.7 Å². The Hall–Kier alpha value is -1.42. The first-order valence-electron chi connectivity index (χ1n) is 6.42. The Morgan fingerprint density at radius 1 is 1.15 bits per heavy atom. The highest BCUT2D eigenvalue weighted by Gasteiger charge is 2.22. The first kappa shape index (κ1) is 15.0. The lowest BCUT2D eigenvalue weighted by Gasteiger charge is -2.22. The molecule has 0 amide bonds. The minimum absolute atomic E-state index is 0.00114. The van der Waals surface area contributed by atoms with E-state index in [1.807, 2.05) is 31.2 Å². The summed E-state index contributed by atoms with van der Waals surface area (Å²) in [7, 11) is 0. The van der Waals surface area contributed by atoms with Crippen LogP contribution in [-0.2, 0) is 0 Å². The van der Waals surface area contributed by atoms with Crippen LogP contribution in [-0.4, -0.2) is 11.7 Å². The fourth-order valence-corrected chi connectivity index (χ4v) is 2.38. The third kappa shape index (κ3) is 3.18. The average Bonchev–Trinajstić information content (AvgIpc) is 2.44. The standard InChI is InChI=1S/C16H17ClFNO/c1-10-2-4-11(5-3-10)13(9-19)16(20)12-6-7-15(18)14(17)8-12/h2-8,13,16,20H,9,19H2,1H3. The van der Waals surface area contributed by atoms with Crippen LogP contribution in [0.5, 0.6) is 0 Å². The van der Waals surface area contributed by atoms with E-state index >= 15 is 0 Å². The molecule has 0 saturated heterocycles. The van der Waals surface area contributed by atoms with Crippen molar-refractivity contribution in [2.24, 2.45) is 5.73 Å². The smallest absolute Gasteiger partial charge is 0.141 e. The number of rotatable bonds is 4. The van der Waals surface area contributed by atoms with Crippen LogP contribution in [0.15, 0.2) is 42.5 Å². The Morgan fingerprint density at radius 3 is 2.30 bits per heavy atom. The van der Waals surface area contributed by atoms with Gasteiger partial charge in [0.1, 0.15) is 5.82 Å². The SMILES string of the molecule is Cc1ccc(C(CN)C(O)c2ccc(F)c(Cl)c2)cc1. The Labute approximate surface area is 123 Å². The summed E-state index contributed by atoms with van der Waals surface area (Å²) in [5, 5.41) is 10.5. The van der Waals surface area contributed by atoms with Crippen molar-refractivity contribution < 1.29 is 9.50 Å². The van der Waals surface area contributed by atoms with E-state index in [-0.39, 0.29) is 10.9 Å². The topological polar surface area (TPSA) is 46.2 Å². The highest BCUT2D eigenvalue weighted by Crippen LogP contribution is 2.32. The second kappa shape index (κ2) is 6.35. The van der Waals surface area contributed by atoms with Crippen LogP contribution >= 0.6 is 11.6 Å². The summed E-state index contributed by atoms with van der Waals surface area (Å²) in [4.78, 5) is 0. The van der Waals surface area contributed by atoms with Gasteiger partial charge in [-0.15, -0.1) is 0 Å². The maximum Gasteiger partial charge on any atom is 0.141 e. The van der Waals surface area contributed by atoms with E-state index in [2.05, 4.69) is 0 Å². The van der Waals surface area contributed by atoms with Gasteiger partial charge < -0.3 is 10.8 Å². The predicted molar refractivity (Wildman–Crippen MR) is 79.3 cm³/mol. The Bertz CT molecular complexity index is 586. The molecule has 2 aromatic rings. The molecular weight excluding hydrogens is 277 g/mol. The number of nitrogens with two attached hydrogens (primary N) is 1. The number of halogens is 2. The summed E-state index contributed by atoms with van der Waals surface area (Å²) >= 11 is 5.76. The van der Waals surface area contributed by atoms with Crippen LogP contribution in [0.4, 0.5) is 4.39 Å². The molecule has 2 unspecified atom stereocenters. The molecule has 2 nitrogen and oxygen atoms in total. The van der Waals surface area contributed by atoms with Gasteiger partial charge in [-0.3, -0.25) is 0 Å². The summed E-state index contributed by atoms with van der Waals surface area (Å²) in [6, 6.07) is 12.1. The number of aryl methyl sites for hydroxylation is 1. The second-order valence-corrected chi connectivity index (χ2v) is 5.28. The van der Waals surface area contributed by atoms with Crippen molar-refractivity contribution >= 4 is 11.6 Å². The van der Waals surface area contributed by atoms with Gasteiger partial charge in [-0.25, -0.2) is 4.39 Å². The molecule has 0 aromatic heterocycles. The quantitative estimate of drug-likeness (QED) is 0.905. The average molecular weight is 294 g/mol. The summed E-state index contributed by atoms with van der Waals surface area (Å²) in [5.74, 6) is -0.751. The van der Waals surface area contributed by atoms with Gasteiger partial charge >= 0.3 is 0 Å². The van der Waals surface area contributed by atoms with Gasteiger partial charge in [-0.2, -0.15) is 0 Å². The first-order valence-corrected chi connectivity index (χ1v) is 6.80. The number of aliphatic hydroxyl groups excluding tert-OH is 1. The molecule has 0 aliphatic heterocycles. The van der Waals surface area contributed by atoms with Crippen molar-refractivity contribution in [2.45, 2.75) is 18.9 Å². The highest BCUT2D eigenvalue weighted by molar-refractivity contribution is 6.30. The van der Waals surface area contributed by atoms with Crippen molar-refractivity contribution in [1.82, 2.24) is 0 Å². The van der Waals surface area contributed by atoms with Crippen molar-refractivity contribution in [2.75, 3.05) is 6.54 Å². The van der Waals surface area contributed by atoms with E-state index in [4.69, 9.17) is 17.3 Å². The van der Waals surface area contributed by atoms with Gasteiger partial charge in [0.15, 0.2) is 0 Å². The lowest BCUT2D eigenvalue weighted by Crippen LogP contribution is -2.20. The fourth-order valence-electron chi connectivity index (χ4n) is 2.19. The second-order valence-electron chi connectivity index (χ2n) is 4.87. The van der Waals surface area contributed by atoms with Gasteiger partial charge in [-0.1, -0.05) is 47.5 Å². The van der Waals surface area contributed by atoms with Crippen molar-refractivity contribution in [3.63, 3.8) is 0 Å². The van der Waals surface area contributed by atoms with Crippen molar-refractivity contribution in [1.29, 1.82) is 0 Å². The van der Waals surface area contributed by atoms with E-state index in [1.54, 1.807) is 0 Å². The summed E-state index contributed by atoms with van der Waals surface area (Å²) < 4.78 is 13.2. The largest absolute Gasteiger partial charge is 0.388 e. The maximum atomic E-state index is 13.2. The molecule has 20 heavy (non-hydrogen) atoms. The summed E-state index contributed by atoms with van der Waals surface area (Å²) in [6.07, 6.45) is -0.819. The van der Waals surface area contributed by atoms with E-state index in [1.165, 1.54) is 18.2 Å². The third-order valence-corrected chi connectivity index (χ3v) is 3.72. The molecule has 3 N–H and O–H groups in total. The molecule has 0 aliphatic carbocycles. The molecule has 2 aromatic carbocycles. The van der Waals surface area contributed by atoms with Gasteiger partial charge in [0.05, 0.1) is 11.1 Å². The van der Waals surface area contributed by atoms with Crippen molar-refractivity contribution in [3.8, 4) is 0 Å². The molecule has 0 bridgehead atoms. The lowest BCUT2D eigenvalue weighted by molar-refractivity contribution is 0.147. The van der Waals surface area contributed by atoms with Crippen LogP contribution in [0.1, 0.15) is 28.7 Å². The van der Waals surface area contributed by atoms with Crippen LogP contribution in [0.25, 0.3) is 0 Å². The number of hydrogen-bond acceptors (Lipinski definition) is 2. The van der Waals surface area contributed by atoms with E-state index in [0.717, 1.165) is 11.1 Å². The molecule has 0 radical (unpaired) electrons. The number of aliphatic hydroxyl groups is 1. The summed E-state index contributed by atoms with van der Waals surface area (Å²) in [5.41, 5.74) is 8.44. The minimum Gasteiger partial charge on any atom is -0.388 e. The molecule has 0 spiro atoms. The molecular formula is C16H17ClFNO. The Morgan fingerprint density at radius 2 is 1.75 bits per heavy atom. The minimum atomic E-state index is -0.819. The highest BCUT2D eigenvalue weighted by atomic mass is 35.5. The van der Waals surface area contributed by atoms with E-state index in [9.17, 15) is 9.50 Å². The van der Waals surface area contributed by atoms with Gasteiger partial charge in [0, 0.05) is 12.5 Å². The summed E-state index contributed by atoms with van der Waals surface area (Å²) in [6.45, 7) is 2.29. The van der Waals surface area contributed by atoms with E-state index in [0.29, 0.717) is 12.1 Å². The fraction of sp³-hybridized carbons (Fsp3) is 0.250. The lowest BCUT2D eigenvalue weighted by atomic mass is 9.89. The van der Waals surface area contributed by atoms with Crippen LogP contribution in [0.2, 0.25) is 5.02 Å².